The minimum atomic E-state index is -0.815. The van der Waals surface area contributed by atoms with E-state index < -0.39 is 22.4 Å². The van der Waals surface area contributed by atoms with Crippen molar-refractivity contribution in [2.75, 3.05) is 0 Å². The Hall–Kier alpha value is -0.240. The topological polar surface area (TPSA) is 0 Å². The summed E-state index contributed by atoms with van der Waals surface area (Å²) in [7, 11) is 0. The average molecular weight is 515 g/mol. The third kappa shape index (κ3) is 3.05. The van der Waals surface area contributed by atoms with Gasteiger partial charge in [-0.05, 0) is 0 Å². The van der Waals surface area contributed by atoms with Crippen molar-refractivity contribution in [2.24, 2.45) is 5.41 Å². The second kappa shape index (κ2) is 7.76. The van der Waals surface area contributed by atoms with Crippen LogP contribution in [0.5, 0.6) is 0 Å². The van der Waals surface area contributed by atoms with Crippen LogP contribution < -0.4 is 0 Å². The first kappa shape index (κ1) is 20.8. The SMILES string of the molecule is C/[CH]=[Hf]/[C]1=C(C)C(C)=C(C)C1(C)C1C=Cc2ccccc21.Cl.Cl. The largest absolute Gasteiger partial charge is 0.147 e. The van der Waals surface area contributed by atoms with Crippen LogP contribution in [0.4, 0.5) is 0 Å². The predicted molar refractivity (Wildman–Crippen MR) is 104 cm³/mol. The van der Waals surface area contributed by atoms with E-state index >= 15 is 0 Å². The summed E-state index contributed by atoms with van der Waals surface area (Å²) in [5, 5.41) is 0. The van der Waals surface area contributed by atoms with Crippen molar-refractivity contribution in [1.82, 2.24) is 0 Å². The molecule has 23 heavy (non-hydrogen) atoms. The van der Waals surface area contributed by atoms with Gasteiger partial charge in [0.2, 0.25) is 0 Å². The van der Waals surface area contributed by atoms with E-state index in [9.17, 15) is 0 Å². The number of benzene rings is 1. The van der Waals surface area contributed by atoms with E-state index in [4.69, 9.17) is 0 Å². The van der Waals surface area contributed by atoms with E-state index in [1.54, 1.807) is 20.0 Å². The Morgan fingerprint density at radius 1 is 1.04 bits per heavy atom. The first-order valence-electron chi connectivity index (χ1n) is 7.73. The van der Waals surface area contributed by atoms with Crippen molar-refractivity contribution < 1.29 is 22.4 Å². The van der Waals surface area contributed by atoms with Crippen molar-refractivity contribution in [2.45, 2.75) is 40.5 Å². The zero-order valence-corrected chi connectivity index (χ0v) is 19.7. The van der Waals surface area contributed by atoms with Gasteiger partial charge in [-0.15, -0.1) is 24.8 Å². The van der Waals surface area contributed by atoms with Gasteiger partial charge in [-0.1, -0.05) is 0 Å². The third-order valence-corrected chi connectivity index (χ3v) is 10.8. The van der Waals surface area contributed by atoms with E-state index in [2.05, 4.69) is 74.8 Å². The summed E-state index contributed by atoms with van der Waals surface area (Å²) in [4.78, 5) is 0. The van der Waals surface area contributed by atoms with Crippen LogP contribution in [-0.4, -0.2) is 3.76 Å². The molecule has 0 saturated carbocycles. The summed E-state index contributed by atoms with van der Waals surface area (Å²) in [6, 6.07) is 8.91. The Kier molecular flexibility index (Phi) is 7.02. The molecule has 1 aromatic carbocycles. The van der Waals surface area contributed by atoms with Gasteiger partial charge < -0.3 is 0 Å². The Balaban J connectivity index is 0.00000132. The summed E-state index contributed by atoms with van der Waals surface area (Å²) in [5.41, 5.74) is 7.86. The molecule has 2 aliphatic rings. The molecule has 0 fully saturated rings. The minimum absolute atomic E-state index is 0. The van der Waals surface area contributed by atoms with E-state index in [-0.39, 0.29) is 30.2 Å². The Labute approximate surface area is 163 Å². The fourth-order valence-electron chi connectivity index (χ4n) is 3.98. The zero-order valence-electron chi connectivity index (χ0n) is 14.4. The maximum absolute atomic E-state index is 2.49. The van der Waals surface area contributed by atoms with E-state index in [0.29, 0.717) is 5.92 Å². The molecule has 3 heteroatoms. The van der Waals surface area contributed by atoms with Gasteiger partial charge in [-0.3, -0.25) is 0 Å². The molecule has 0 saturated heterocycles. The standard InChI is InChI=1S/C18H19.C2H4.2ClH.Hf/c1-12-11-18(4,14(3)13(12)2)17-10-9-15-7-5-6-8-16(15)17;1-2;;;/h5-10,17H,1-4H3;1H,2H3;2*1H;. The second-order valence-electron chi connectivity index (χ2n) is 6.35. The number of hydrogen-bond acceptors (Lipinski definition) is 0. The quantitative estimate of drug-likeness (QED) is 0.414. The van der Waals surface area contributed by atoms with Gasteiger partial charge in [0, 0.05) is 0 Å². The van der Waals surface area contributed by atoms with Gasteiger partial charge in [-0.2, -0.15) is 0 Å². The molecule has 2 unspecified atom stereocenters. The van der Waals surface area contributed by atoms with Crippen molar-refractivity contribution >= 4 is 34.6 Å². The van der Waals surface area contributed by atoms with Crippen LogP contribution >= 0.6 is 24.8 Å². The maximum atomic E-state index is 2.49. The van der Waals surface area contributed by atoms with Crippen molar-refractivity contribution in [3.05, 3.63) is 61.5 Å². The molecule has 0 amide bonds. The molecular formula is C20H25Cl2Hf. The first-order valence-corrected chi connectivity index (χ1v) is 11.6. The van der Waals surface area contributed by atoms with Crippen LogP contribution in [0, 0.1) is 5.41 Å². The molecule has 0 bridgehead atoms. The molecule has 2 atom stereocenters. The summed E-state index contributed by atoms with van der Waals surface area (Å²) in [6.07, 6.45) is 4.77. The predicted octanol–water partition coefficient (Wildman–Crippen LogP) is 6.18. The van der Waals surface area contributed by atoms with Gasteiger partial charge in [0.1, 0.15) is 0 Å². The molecule has 0 heterocycles. The van der Waals surface area contributed by atoms with Crippen molar-refractivity contribution in [3.63, 3.8) is 0 Å². The molecule has 0 aromatic heterocycles. The van der Waals surface area contributed by atoms with Crippen LogP contribution in [0.1, 0.15) is 51.7 Å². The van der Waals surface area contributed by atoms with E-state index in [1.165, 1.54) is 11.1 Å². The van der Waals surface area contributed by atoms with Crippen molar-refractivity contribution in [3.8, 4) is 0 Å². The molecular weight excluding hydrogens is 490 g/mol. The van der Waals surface area contributed by atoms with Gasteiger partial charge in [0.05, 0.1) is 0 Å². The fraction of sp³-hybridized carbons (Fsp3) is 0.350. The van der Waals surface area contributed by atoms with Crippen LogP contribution in [0.15, 0.2) is 50.4 Å². The Morgan fingerprint density at radius 3 is 2.35 bits per heavy atom. The average Bonchev–Trinajstić information content (AvgIpc) is 2.99. The molecule has 0 aliphatic heterocycles. The molecule has 123 valence electrons. The summed E-state index contributed by atoms with van der Waals surface area (Å²) in [5.74, 6) is 0.517. The third-order valence-electron chi connectivity index (χ3n) is 5.51. The molecule has 0 spiro atoms. The Bertz CT molecular complexity index is 725. The molecule has 0 radical (unpaired) electrons. The van der Waals surface area contributed by atoms with E-state index in [1.807, 2.05) is 0 Å². The molecule has 1 aromatic rings. The Morgan fingerprint density at radius 2 is 1.70 bits per heavy atom. The van der Waals surface area contributed by atoms with E-state index in [0.717, 1.165) is 0 Å². The fourth-order valence-corrected chi connectivity index (χ4v) is 8.78. The molecule has 3 rings (SSSR count). The van der Waals surface area contributed by atoms with Gasteiger partial charge in [0.15, 0.2) is 0 Å². The van der Waals surface area contributed by atoms with Crippen LogP contribution in [0.2, 0.25) is 0 Å². The summed E-state index contributed by atoms with van der Waals surface area (Å²) < 4.78 is 4.29. The number of hydrogen-bond donors (Lipinski definition) is 0. The molecule has 2 aliphatic carbocycles. The first-order chi connectivity index (χ1) is 10.0. The van der Waals surface area contributed by atoms with Gasteiger partial charge in [0.25, 0.3) is 0 Å². The number of halogens is 2. The monoisotopic (exact) mass is 515 g/mol. The minimum Gasteiger partial charge on any atom is -0.147 e. The smallest absolute Gasteiger partial charge is 0.147 e. The van der Waals surface area contributed by atoms with Crippen molar-refractivity contribution in [1.29, 1.82) is 0 Å². The number of fused-ring (bicyclic) bond motifs is 1. The number of allylic oxidation sites excluding steroid dienone is 5. The van der Waals surface area contributed by atoms with Crippen LogP contribution in [0.3, 0.4) is 0 Å². The second-order valence-corrected chi connectivity index (χ2v) is 11.3. The van der Waals surface area contributed by atoms with Crippen LogP contribution in [-0.2, 0) is 22.4 Å². The molecule has 0 N–H and O–H groups in total. The normalized spacial score (nSPS) is 25.3. The summed E-state index contributed by atoms with van der Waals surface area (Å²) >= 11 is -0.815. The number of rotatable bonds is 2. The zero-order chi connectivity index (χ0) is 15.2. The molecule has 0 nitrogen and oxygen atoms in total. The van der Waals surface area contributed by atoms with Gasteiger partial charge in [-0.25, -0.2) is 0 Å². The summed E-state index contributed by atoms with van der Waals surface area (Å²) in [6.45, 7) is 11.8. The van der Waals surface area contributed by atoms with Gasteiger partial charge >= 0.3 is 140 Å². The van der Waals surface area contributed by atoms with Crippen LogP contribution in [0.25, 0.3) is 6.08 Å². The maximum Gasteiger partial charge on any atom is -0.147 e.